The number of hydrogen-bond acceptors (Lipinski definition) is 3. The predicted octanol–water partition coefficient (Wildman–Crippen LogP) is 2.84. The van der Waals surface area contributed by atoms with Gasteiger partial charge in [0.1, 0.15) is 5.70 Å². The molecular formula is C21H24N2O3. The zero-order chi connectivity index (χ0) is 18.9. The molecule has 0 aliphatic carbocycles. The van der Waals surface area contributed by atoms with E-state index >= 15 is 0 Å². The summed E-state index contributed by atoms with van der Waals surface area (Å²) in [5, 5.41) is 5.45. The molecule has 0 fully saturated rings. The molecule has 5 nitrogen and oxygen atoms in total. The Bertz CT molecular complexity index is 778. The number of carbonyl (C=O) groups excluding carboxylic acids is 2. The van der Waals surface area contributed by atoms with Crippen molar-refractivity contribution in [2.24, 2.45) is 0 Å². The van der Waals surface area contributed by atoms with E-state index in [1.54, 1.807) is 25.3 Å². The van der Waals surface area contributed by atoms with Gasteiger partial charge < -0.3 is 15.4 Å². The molecule has 0 aliphatic rings. The van der Waals surface area contributed by atoms with Crippen LogP contribution in [0.3, 0.4) is 0 Å². The van der Waals surface area contributed by atoms with E-state index < -0.39 is 0 Å². The molecule has 2 aromatic rings. The summed E-state index contributed by atoms with van der Waals surface area (Å²) < 4.78 is 4.94. The molecule has 2 amide bonds. The van der Waals surface area contributed by atoms with Gasteiger partial charge in [-0.3, -0.25) is 9.59 Å². The summed E-state index contributed by atoms with van der Waals surface area (Å²) in [4.78, 5) is 24.9. The Morgan fingerprint density at radius 1 is 0.962 bits per heavy atom. The molecule has 0 bridgehead atoms. The molecule has 26 heavy (non-hydrogen) atoms. The van der Waals surface area contributed by atoms with E-state index in [0.717, 1.165) is 16.7 Å². The lowest BCUT2D eigenvalue weighted by molar-refractivity contribution is -0.117. The fourth-order valence-corrected chi connectivity index (χ4v) is 2.25. The molecule has 2 N–H and O–H groups in total. The number of rotatable bonds is 7. The molecule has 0 spiro atoms. The molecular weight excluding hydrogens is 328 g/mol. The second-order valence-corrected chi connectivity index (χ2v) is 6.04. The van der Waals surface area contributed by atoms with E-state index in [4.69, 9.17) is 4.74 Å². The first kappa shape index (κ1) is 19.4. The third kappa shape index (κ3) is 5.86. The van der Waals surface area contributed by atoms with Gasteiger partial charge in [0.15, 0.2) is 0 Å². The van der Waals surface area contributed by atoms with Crippen LogP contribution in [0.15, 0.2) is 54.2 Å². The quantitative estimate of drug-likeness (QED) is 0.595. The van der Waals surface area contributed by atoms with Gasteiger partial charge >= 0.3 is 0 Å². The van der Waals surface area contributed by atoms with E-state index in [-0.39, 0.29) is 17.5 Å². The van der Waals surface area contributed by atoms with E-state index in [0.29, 0.717) is 18.7 Å². The molecule has 2 aromatic carbocycles. The molecule has 0 saturated heterocycles. The van der Waals surface area contributed by atoms with Crippen LogP contribution in [0.5, 0.6) is 0 Å². The van der Waals surface area contributed by atoms with Crippen LogP contribution in [0.25, 0.3) is 6.08 Å². The number of methoxy groups -OCH3 is 1. The lowest BCUT2D eigenvalue weighted by Crippen LogP contribution is -2.36. The molecule has 0 saturated carbocycles. The molecule has 0 aromatic heterocycles. The lowest BCUT2D eigenvalue weighted by Gasteiger charge is -2.11. The molecule has 0 unspecified atom stereocenters. The van der Waals surface area contributed by atoms with Crippen LogP contribution in [-0.2, 0) is 9.53 Å². The molecule has 0 heterocycles. The summed E-state index contributed by atoms with van der Waals surface area (Å²) in [5.41, 5.74) is 3.70. The number of nitrogens with one attached hydrogen (secondary N) is 2. The van der Waals surface area contributed by atoms with Crippen LogP contribution in [0.4, 0.5) is 0 Å². The van der Waals surface area contributed by atoms with E-state index in [2.05, 4.69) is 10.6 Å². The minimum absolute atomic E-state index is 0.190. The van der Waals surface area contributed by atoms with Crippen molar-refractivity contribution in [3.63, 3.8) is 0 Å². The highest BCUT2D eigenvalue weighted by Crippen LogP contribution is 2.09. The number of hydrogen-bond donors (Lipinski definition) is 2. The zero-order valence-corrected chi connectivity index (χ0v) is 15.3. The van der Waals surface area contributed by atoms with Crippen LogP contribution < -0.4 is 10.6 Å². The minimum atomic E-state index is -0.358. The topological polar surface area (TPSA) is 67.4 Å². The summed E-state index contributed by atoms with van der Waals surface area (Å²) >= 11 is 0. The third-order valence-corrected chi connectivity index (χ3v) is 3.79. The fourth-order valence-electron chi connectivity index (χ4n) is 2.25. The number of benzene rings is 2. The molecule has 0 radical (unpaired) electrons. The fraction of sp³-hybridized carbons (Fsp3) is 0.238. The van der Waals surface area contributed by atoms with Crippen molar-refractivity contribution in [2.75, 3.05) is 20.3 Å². The molecule has 0 aliphatic heterocycles. The van der Waals surface area contributed by atoms with Crippen LogP contribution in [0.1, 0.15) is 27.0 Å². The van der Waals surface area contributed by atoms with E-state index in [9.17, 15) is 9.59 Å². The Morgan fingerprint density at radius 3 is 2.12 bits per heavy atom. The number of carbonyl (C=O) groups is 2. The summed E-state index contributed by atoms with van der Waals surface area (Å²) in [6.45, 7) is 4.70. The minimum Gasteiger partial charge on any atom is -0.383 e. The first-order valence-corrected chi connectivity index (χ1v) is 8.43. The van der Waals surface area contributed by atoms with Crippen molar-refractivity contribution < 1.29 is 14.3 Å². The highest BCUT2D eigenvalue weighted by molar-refractivity contribution is 6.05. The Morgan fingerprint density at radius 2 is 1.54 bits per heavy atom. The first-order chi connectivity index (χ1) is 12.5. The van der Waals surface area contributed by atoms with Crippen molar-refractivity contribution >= 4 is 17.9 Å². The standard InChI is InChI=1S/C21H24N2O3/c1-15-4-8-17(9-5-15)14-19(21(25)22-12-13-26-3)23-20(24)18-10-6-16(2)7-11-18/h4-11,14H,12-13H2,1-3H3,(H,22,25)(H,23,24)/b19-14+. The van der Waals surface area contributed by atoms with Crippen molar-refractivity contribution in [1.82, 2.24) is 10.6 Å². The van der Waals surface area contributed by atoms with Crippen LogP contribution in [-0.4, -0.2) is 32.1 Å². The maximum Gasteiger partial charge on any atom is 0.267 e. The predicted molar refractivity (Wildman–Crippen MR) is 103 cm³/mol. The monoisotopic (exact) mass is 352 g/mol. The normalized spacial score (nSPS) is 11.1. The van der Waals surface area contributed by atoms with Crippen molar-refractivity contribution in [2.45, 2.75) is 13.8 Å². The van der Waals surface area contributed by atoms with Crippen molar-refractivity contribution in [3.8, 4) is 0 Å². The zero-order valence-electron chi connectivity index (χ0n) is 15.3. The van der Waals surface area contributed by atoms with Gasteiger partial charge in [0.05, 0.1) is 6.61 Å². The largest absolute Gasteiger partial charge is 0.383 e. The summed E-state index contributed by atoms with van der Waals surface area (Å²) in [6.07, 6.45) is 1.66. The van der Waals surface area contributed by atoms with Gasteiger partial charge in [-0.25, -0.2) is 0 Å². The van der Waals surface area contributed by atoms with Gasteiger partial charge in [-0.05, 0) is 37.6 Å². The van der Waals surface area contributed by atoms with Crippen LogP contribution in [0, 0.1) is 13.8 Å². The summed E-state index contributed by atoms with van der Waals surface area (Å²) in [6, 6.07) is 14.9. The molecule has 0 atom stereocenters. The van der Waals surface area contributed by atoms with E-state index in [1.165, 1.54) is 0 Å². The highest BCUT2D eigenvalue weighted by atomic mass is 16.5. The second kappa shape index (κ2) is 9.53. The van der Waals surface area contributed by atoms with Gasteiger partial charge in [-0.15, -0.1) is 0 Å². The number of aryl methyl sites for hydroxylation is 2. The Kier molecular flexibility index (Phi) is 7.12. The number of amides is 2. The van der Waals surface area contributed by atoms with Crippen molar-refractivity contribution in [1.29, 1.82) is 0 Å². The third-order valence-electron chi connectivity index (χ3n) is 3.79. The molecule has 2 rings (SSSR count). The van der Waals surface area contributed by atoms with Gasteiger partial charge in [-0.2, -0.15) is 0 Å². The van der Waals surface area contributed by atoms with Crippen LogP contribution >= 0.6 is 0 Å². The van der Waals surface area contributed by atoms with Gasteiger partial charge in [-0.1, -0.05) is 47.5 Å². The number of ether oxygens (including phenoxy) is 1. The maximum atomic E-state index is 12.5. The highest BCUT2D eigenvalue weighted by Gasteiger charge is 2.14. The Hall–Kier alpha value is -2.92. The Labute approximate surface area is 154 Å². The Balaban J connectivity index is 2.21. The van der Waals surface area contributed by atoms with Crippen LogP contribution in [0.2, 0.25) is 0 Å². The van der Waals surface area contributed by atoms with Crippen molar-refractivity contribution in [3.05, 3.63) is 76.5 Å². The average molecular weight is 352 g/mol. The summed E-state index contributed by atoms with van der Waals surface area (Å²) in [5.74, 6) is -0.687. The maximum absolute atomic E-state index is 12.5. The van der Waals surface area contributed by atoms with Gasteiger partial charge in [0, 0.05) is 19.2 Å². The van der Waals surface area contributed by atoms with Gasteiger partial charge in [0.25, 0.3) is 11.8 Å². The first-order valence-electron chi connectivity index (χ1n) is 8.43. The average Bonchev–Trinajstić information content (AvgIpc) is 2.63. The SMILES string of the molecule is COCCNC(=O)/C(=C\c1ccc(C)cc1)NC(=O)c1ccc(C)cc1. The summed E-state index contributed by atoms with van der Waals surface area (Å²) in [7, 11) is 1.56. The molecule has 136 valence electrons. The lowest BCUT2D eigenvalue weighted by atomic mass is 10.1. The van der Waals surface area contributed by atoms with Gasteiger partial charge in [0.2, 0.25) is 0 Å². The van der Waals surface area contributed by atoms with E-state index in [1.807, 2.05) is 50.2 Å². The smallest absolute Gasteiger partial charge is 0.267 e. The molecule has 5 heteroatoms. The second-order valence-electron chi connectivity index (χ2n) is 6.04.